The number of amides is 1. The number of anilines is 1. The molecule has 5 nitrogen and oxygen atoms in total. The summed E-state index contributed by atoms with van der Waals surface area (Å²) >= 11 is 0. The lowest BCUT2D eigenvalue weighted by Crippen LogP contribution is -2.50. The highest BCUT2D eigenvalue weighted by atomic mass is 16.5. The molecule has 5 heteroatoms. The number of Topliss-reactive ketones (excluding diaryl/α,β-unsaturated/α-hetero) is 1. The molecular formula is C13H16N2O3. The number of nitrogens with zero attached hydrogens (tertiary/aromatic N) is 1. The number of ketones is 1. The Balaban J connectivity index is 2.20. The van der Waals surface area contributed by atoms with Crippen molar-refractivity contribution in [2.24, 2.45) is 5.73 Å². The molecule has 0 bridgehead atoms. The maximum atomic E-state index is 12.0. The van der Waals surface area contributed by atoms with E-state index in [1.165, 1.54) is 6.92 Å². The average Bonchev–Trinajstić information content (AvgIpc) is 2.39. The van der Waals surface area contributed by atoms with Crippen molar-refractivity contribution < 1.29 is 14.3 Å². The van der Waals surface area contributed by atoms with Crippen molar-refractivity contribution >= 4 is 17.4 Å². The molecule has 1 heterocycles. The molecule has 0 radical (unpaired) electrons. The number of hydrogen-bond donors (Lipinski definition) is 1. The molecule has 0 aliphatic carbocycles. The lowest BCUT2D eigenvalue weighted by molar-refractivity contribution is -0.133. The van der Waals surface area contributed by atoms with Crippen LogP contribution in [-0.4, -0.2) is 37.5 Å². The Morgan fingerprint density at radius 1 is 1.44 bits per heavy atom. The summed E-state index contributed by atoms with van der Waals surface area (Å²) in [5.74, 6) is -0.117. The first-order valence-corrected chi connectivity index (χ1v) is 5.87. The van der Waals surface area contributed by atoms with E-state index >= 15 is 0 Å². The van der Waals surface area contributed by atoms with Crippen molar-refractivity contribution in [2.75, 3.05) is 24.6 Å². The molecule has 0 aromatic heterocycles. The van der Waals surface area contributed by atoms with E-state index in [1.54, 1.807) is 29.2 Å². The van der Waals surface area contributed by atoms with Crippen LogP contribution in [-0.2, 0) is 9.53 Å². The largest absolute Gasteiger partial charge is 0.365 e. The predicted molar refractivity (Wildman–Crippen MR) is 67.6 cm³/mol. The van der Waals surface area contributed by atoms with Crippen molar-refractivity contribution in [3.8, 4) is 0 Å². The molecular weight excluding hydrogens is 232 g/mol. The molecule has 0 saturated carbocycles. The van der Waals surface area contributed by atoms with Crippen LogP contribution in [0.5, 0.6) is 0 Å². The topological polar surface area (TPSA) is 72.6 Å². The maximum absolute atomic E-state index is 12.0. The van der Waals surface area contributed by atoms with Crippen LogP contribution in [0.4, 0.5) is 5.69 Å². The van der Waals surface area contributed by atoms with Gasteiger partial charge < -0.3 is 15.4 Å². The highest BCUT2D eigenvalue weighted by Gasteiger charge is 2.29. The summed E-state index contributed by atoms with van der Waals surface area (Å²) < 4.78 is 5.28. The Morgan fingerprint density at radius 3 is 2.67 bits per heavy atom. The predicted octanol–water partition coefficient (Wildman–Crippen LogP) is 0.580. The van der Waals surface area contributed by atoms with Gasteiger partial charge >= 0.3 is 0 Å². The summed E-state index contributed by atoms with van der Waals surface area (Å²) in [6.07, 6.45) is -0.564. The standard InChI is InChI=1S/C13H16N2O3/c1-9(16)10-2-4-11(5-3-10)15-6-7-18-12(8-14)13(15)17/h2-5,12H,6-8,14H2,1H3. The van der Waals surface area contributed by atoms with E-state index in [-0.39, 0.29) is 18.2 Å². The summed E-state index contributed by atoms with van der Waals surface area (Å²) in [7, 11) is 0. The number of rotatable bonds is 3. The number of benzene rings is 1. The smallest absolute Gasteiger partial charge is 0.257 e. The molecule has 0 spiro atoms. The molecule has 1 atom stereocenters. The third kappa shape index (κ3) is 2.42. The zero-order chi connectivity index (χ0) is 13.1. The highest BCUT2D eigenvalue weighted by Crippen LogP contribution is 2.19. The average molecular weight is 248 g/mol. The monoisotopic (exact) mass is 248 g/mol. The molecule has 2 N–H and O–H groups in total. The minimum atomic E-state index is -0.564. The minimum absolute atomic E-state index is 0.00897. The number of carbonyl (C=O) groups excluding carboxylic acids is 2. The van der Waals surface area contributed by atoms with E-state index in [1.807, 2.05) is 0 Å². The van der Waals surface area contributed by atoms with Crippen molar-refractivity contribution in [1.29, 1.82) is 0 Å². The van der Waals surface area contributed by atoms with E-state index in [0.717, 1.165) is 5.69 Å². The van der Waals surface area contributed by atoms with E-state index in [4.69, 9.17) is 10.5 Å². The summed E-state index contributed by atoms with van der Waals surface area (Å²) in [5.41, 5.74) is 6.88. The molecule has 96 valence electrons. The van der Waals surface area contributed by atoms with E-state index in [2.05, 4.69) is 0 Å². The number of carbonyl (C=O) groups is 2. The van der Waals surface area contributed by atoms with Crippen LogP contribution in [0, 0.1) is 0 Å². The number of morpholine rings is 1. The SMILES string of the molecule is CC(=O)c1ccc(N2CCOC(CN)C2=O)cc1. The summed E-state index contributed by atoms with van der Waals surface area (Å²) in [5, 5.41) is 0. The lowest BCUT2D eigenvalue weighted by atomic mass is 10.1. The fourth-order valence-corrected chi connectivity index (χ4v) is 1.94. The molecule has 1 amide bonds. The van der Waals surface area contributed by atoms with Crippen molar-refractivity contribution in [2.45, 2.75) is 13.0 Å². The fraction of sp³-hybridized carbons (Fsp3) is 0.385. The van der Waals surface area contributed by atoms with Crippen LogP contribution in [0.3, 0.4) is 0 Å². The summed E-state index contributed by atoms with van der Waals surface area (Å²) in [6, 6.07) is 6.98. The Labute approximate surface area is 106 Å². The molecule has 1 aliphatic rings. The van der Waals surface area contributed by atoms with Crippen molar-refractivity contribution in [3.63, 3.8) is 0 Å². The quantitative estimate of drug-likeness (QED) is 0.794. The molecule has 1 aromatic carbocycles. The van der Waals surface area contributed by atoms with Gasteiger partial charge in [-0.15, -0.1) is 0 Å². The molecule has 1 unspecified atom stereocenters. The zero-order valence-corrected chi connectivity index (χ0v) is 10.3. The van der Waals surface area contributed by atoms with Crippen LogP contribution in [0.25, 0.3) is 0 Å². The second-order valence-corrected chi connectivity index (χ2v) is 4.19. The second-order valence-electron chi connectivity index (χ2n) is 4.19. The normalized spacial score (nSPS) is 20.0. The van der Waals surface area contributed by atoms with Crippen LogP contribution >= 0.6 is 0 Å². The Kier molecular flexibility index (Phi) is 3.74. The van der Waals surface area contributed by atoms with Crippen molar-refractivity contribution in [1.82, 2.24) is 0 Å². The van der Waals surface area contributed by atoms with Crippen LogP contribution < -0.4 is 10.6 Å². The van der Waals surface area contributed by atoms with Crippen LogP contribution in [0.15, 0.2) is 24.3 Å². The first-order chi connectivity index (χ1) is 8.63. The molecule has 18 heavy (non-hydrogen) atoms. The van der Waals surface area contributed by atoms with E-state index in [0.29, 0.717) is 18.7 Å². The molecule has 1 saturated heterocycles. The highest BCUT2D eigenvalue weighted by molar-refractivity contribution is 5.98. The van der Waals surface area contributed by atoms with Gasteiger partial charge in [-0.2, -0.15) is 0 Å². The van der Waals surface area contributed by atoms with Gasteiger partial charge in [0.05, 0.1) is 6.61 Å². The van der Waals surface area contributed by atoms with Gasteiger partial charge in [0.15, 0.2) is 5.78 Å². The van der Waals surface area contributed by atoms with Gasteiger partial charge in [-0.25, -0.2) is 0 Å². The van der Waals surface area contributed by atoms with Gasteiger partial charge in [-0.05, 0) is 31.2 Å². The van der Waals surface area contributed by atoms with Crippen LogP contribution in [0.2, 0.25) is 0 Å². The van der Waals surface area contributed by atoms with Crippen LogP contribution in [0.1, 0.15) is 17.3 Å². The summed E-state index contributed by atoms with van der Waals surface area (Å²) in [4.78, 5) is 24.9. The number of nitrogens with two attached hydrogens (primary N) is 1. The molecule has 1 aliphatic heterocycles. The fourth-order valence-electron chi connectivity index (χ4n) is 1.94. The lowest BCUT2D eigenvalue weighted by Gasteiger charge is -2.31. The second kappa shape index (κ2) is 5.29. The van der Waals surface area contributed by atoms with E-state index < -0.39 is 6.10 Å². The molecule has 2 rings (SSSR count). The first-order valence-electron chi connectivity index (χ1n) is 5.87. The molecule has 1 fully saturated rings. The number of hydrogen-bond acceptors (Lipinski definition) is 4. The van der Waals surface area contributed by atoms with Gasteiger partial charge in [-0.1, -0.05) is 0 Å². The van der Waals surface area contributed by atoms with Gasteiger partial charge in [0.25, 0.3) is 5.91 Å². The van der Waals surface area contributed by atoms with Crippen molar-refractivity contribution in [3.05, 3.63) is 29.8 Å². The first kappa shape index (κ1) is 12.7. The summed E-state index contributed by atoms with van der Waals surface area (Å²) in [6.45, 7) is 2.68. The minimum Gasteiger partial charge on any atom is -0.365 e. The Hall–Kier alpha value is -1.72. The third-order valence-corrected chi connectivity index (χ3v) is 2.97. The van der Waals surface area contributed by atoms with Gasteiger partial charge in [0, 0.05) is 24.3 Å². The van der Waals surface area contributed by atoms with Gasteiger partial charge in [0.2, 0.25) is 0 Å². The maximum Gasteiger partial charge on any atom is 0.257 e. The van der Waals surface area contributed by atoms with E-state index in [9.17, 15) is 9.59 Å². The molecule has 1 aromatic rings. The third-order valence-electron chi connectivity index (χ3n) is 2.97. The van der Waals surface area contributed by atoms with Gasteiger partial charge in [0.1, 0.15) is 6.10 Å². The number of ether oxygens (including phenoxy) is 1. The Morgan fingerprint density at radius 2 is 2.11 bits per heavy atom. The Bertz CT molecular complexity index is 456. The zero-order valence-electron chi connectivity index (χ0n) is 10.3. The van der Waals surface area contributed by atoms with Gasteiger partial charge in [-0.3, -0.25) is 9.59 Å².